The number of nitrogens with one attached hydrogen (secondary N) is 1. The minimum absolute atomic E-state index is 0.0856. The molecule has 2 bridgehead atoms. The van der Waals surface area contributed by atoms with Crippen molar-refractivity contribution in [1.82, 2.24) is 5.32 Å². The Morgan fingerprint density at radius 3 is 2.70 bits per heavy atom. The van der Waals surface area contributed by atoms with Crippen LogP contribution in [0, 0.1) is 23.7 Å². The topological polar surface area (TPSA) is 66.4 Å². The quantitative estimate of drug-likeness (QED) is 0.501. The number of rotatable bonds is 9. The molecule has 0 saturated heterocycles. The summed E-state index contributed by atoms with van der Waals surface area (Å²) in [6.45, 7) is 2.82. The number of carboxylic acids is 1. The van der Waals surface area contributed by atoms with Gasteiger partial charge in [0.05, 0.1) is 0 Å². The highest BCUT2D eigenvalue weighted by molar-refractivity contribution is 5.80. The molecule has 2 fully saturated rings. The molecule has 2 saturated carbocycles. The van der Waals surface area contributed by atoms with Crippen molar-refractivity contribution in [2.75, 3.05) is 6.54 Å². The zero-order valence-corrected chi connectivity index (χ0v) is 16.1. The highest BCUT2D eigenvalue weighted by atomic mass is 16.4. The van der Waals surface area contributed by atoms with E-state index in [0.717, 1.165) is 12.8 Å². The summed E-state index contributed by atoms with van der Waals surface area (Å²) in [6, 6.07) is 10.3. The van der Waals surface area contributed by atoms with Crippen LogP contribution in [-0.2, 0) is 9.59 Å². The molecule has 0 spiro atoms. The molecule has 27 heavy (non-hydrogen) atoms. The van der Waals surface area contributed by atoms with Crippen LogP contribution < -0.4 is 5.32 Å². The fourth-order valence-electron chi connectivity index (χ4n) is 4.90. The first-order valence-electron chi connectivity index (χ1n) is 10.3. The summed E-state index contributed by atoms with van der Waals surface area (Å²) < 4.78 is 0. The molecule has 4 heteroatoms. The Morgan fingerprint density at radius 1 is 1.22 bits per heavy atom. The third-order valence-corrected chi connectivity index (χ3v) is 6.35. The van der Waals surface area contributed by atoms with E-state index in [9.17, 15) is 9.59 Å². The molecule has 2 N–H and O–H groups in total. The number of amides is 1. The zero-order valence-electron chi connectivity index (χ0n) is 16.1. The maximum absolute atomic E-state index is 12.9. The molecular formula is C23H31NO3. The van der Waals surface area contributed by atoms with Crippen molar-refractivity contribution in [3.05, 3.63) is 48.0 Å². The SMILES string of the molecule is CC(CNC(=O)C1C2CCC(C2)C1C=CCCCC(=O)O)c1ccccc1. The Labute approximate surface area is 162 Å². The van der Waals surface area contributed by atoms with E-state index in [1.54, 1.807) is 0 Å². The van der Waals surface area contributed by atoms with Crippen LogP contribution in [0.1, 0.15) is 56.9 Å². The summed E-state index contributed by atoms with van der Waals surface area (Å²) in [6.07, 6.45) is 9.51. The lowest BCUT2D eigenvalue weighted by molar-refractivity contribution is -0.137. The molecule has 5 atom stereocenters. The smallest absolute Gasteiger partial charge is 0.303 e. The lowest BCUT2D eigenvalue weighted by atomic mass is 9.78. The van der Waals surface area contributed by atoms with Crippen LogP contribution in [0.4, 0.5) is 0 Å². The van der Waals surface area contributed by atoms with Crippen LogP contribution in [0.5, 0.6) is 0 Å². The van der Waals surface area contributed by atoms with Crippen molar-refractivity contribution in [3.63, 3.8) is 0 Å². The van der Waals surface area contributed by atoms with E-state index in [2.05, 4.69) is 36.5 Å². The molecule has 1 aromatic rings. The highest BCUT2D eigenvalue weighted by Crippen LogP contribution is 2.53. The van der Waals surface area contributed by atoms with Crippen molar-refractivity contribution < 1.29 is 14.7 Å². The van der Waals surface area contributed by atoms with Gasteiger partial charge in [-0.25, -0.2) is 0 Å². The Kier molecular flexibility index (Phi) is 6.70. The molecule has 0 aromatic heterocycles. The normalized spacial score (nSPS) is 27.7. The Morgan fingerprint density at radius 2 is 1.96 bits per heavy atom. The van der Waals surface area contributed by atoms with E-state index >= 15 is 0 Å². The molecule has 146 valence electrons. The molecule has 2 aliphatic rings. The first-order chi connectivity index (χ1) is 13.1. The van der Waals surface area contributed by atoms with Crippen molar-refractivity contribution in [1.29, 1.82) is 0 Å². The van der Waals surface area contributed by atoms with Crippen LogP contribution in [0.15, 0.2) is 42.5 Å². The Hall–Kier alpha value is -2.10. The largest absolute Gasteiger partial charge is 0.481 e. The first-order valence-corrected chi connectivity index (χ1v) is 10.3. The van der Waals surface area contributed by atoms with E-state index < -0.39 is 5.97 Å². The van der Waals surface area contributed by atoms with Crippen LogP contribution in [0.25, 0.3) is 0 Å². The van der Waals surface area contributed by atoms with Crippen molar-refractivity contribution in [2.24, 2.45) is 23.7 Å². The lowest BCUT2D eigenvalue weighted by Gasteiger charge is -2.28. The minimum Gasteiger partial charge on any atom is -0.481 e. The van der Waals surface area contributed by atoms with Gasteiger partial charge in [-0.2, -0.15) is 0 Å². The van der Waals surface area contributed by atoms with E-state index in [1.165, 1.54) is 18.4 Å². The van der Waals surface area contributed by atoms with Crippen LogP contribution in [0.2, 0.25) is 0 Å². The van der Waals surface area contributed by atoms with Gasteiger partial charge in [-0.05, 0) is 61.3 Å². The second kappa shape index (κ2) is 9.20. The fraction of sp³-hybridized carbons (Fsp3) is 0.565. The Balaban J connectivity index is 1.54. The summed E-state index contributed by atoms with van der Waals surface area (Å²) in [4.78, 5) is 23.6. The van der Waals surface area contributed by atoms with Gasteiger partial charge in [0.1, 0.15) is 0 Å². The van der Waals surface area contributed by atoms with Gasteiger partial charge in [0, 0.05) is 18.9 Å². The third kappa shape index (κ3) is 5.00. The summed E-state index contributed by atoms with van der Waals surface area (Å²) in [5.74, 6) is 1.30. The maximum Gasteiger partial charge on any atom is 0.303 e. The van der Waals surface area contributed by atoms with E-state index in [4.69, 9.17) is 5.11 Å². The summed E-state index contributed by atoms with van der Waals surface area (Å²) in [5.41, 5.74) is 1.25. The number of hydrogen-bond acceptors (Lipinski definition) is 2. The maximum atomic E-state index is 12.9. The average Bonchev–Trinajstić information content (AvgIpc) is 3.27. The number of carbonyl (C=O) groups is 2. The van der Waals surface area contributed by atoms with Gasteiger partial charge in [0.25, 0.3) is 0 Å². The van der Waals surface area contributed by atoms with E-state index in [0.29, 0.717) is 36.6 Å². The van der Waals surface area contributed by atoms with Crippen molar-refractivity contribution in [2.45, 2.75) is 51.4 Å². The van der Waals surface area contributed by atoms with Gasteiger partial charge in [0.15, 0.2) is 0 Å². The minimum atomic E-state index is -0.742. The highest BCUT2D eigenvalue weighted by Gasteiger charge is 2.49. The number of hydrogen-bond donors (Lipinski definition) is 2. The van der Waals surface area contributed by atoms with E-state index in [1.807, 2.05) is 18.2 Å². The van der Waals surface area contributed by atoms with Gasteiger partial charge < -0.3 is 10.4 Å². The van der Waals surface area contributed by atoms with Crippen LogP contribution >= 0.6 is 0 Å². The summed E-state index contributed by atoms with van der Waals surface area (Å²) >= 11 is 0. The van der Waals surface area contributed by atoms with Gasteiger partial charge in [-0.3, -0.25) is 9.59 Å². The second-order valence-corrected chi connectivity index (χ2v) is 8.21. The summed E-state index contributed by atoms with van der Waals surface area (Å²) in [7, 11) is 0. The molecule has 1 aromatic carbocycles. The number of benzene rings is 1. The van der Waals surface area contributed by atoms with Crippen LogP contribution in [-0.4, -0.2) is 23.5 Å². The molecule has 4 nitrogen and oxygen atoms in total. The van der Waals surface area contributed by atoms with Gasteiger partial charge in [-0.1, -0.05) is 49.4 Å². The molecule has 1 amide bonds. The number of carbonyl (C=O) groups excluding carboxylic acids is 1. The number of carboxylic acid groups (broad SMARTS) is 1. The predicted octanol–water partition coefficient (Wildman–Crippen LogP) is 4.38. The molecule has 2 aliphatic carbocycles. The second-order valence-electron chi connectivity index (χ2n) is 8.21. The molecule has 5 unspecified atom stereocenters. The van der Waals surface area contributed by atoms with Crippen molar-refractivity contribution in [3.8, 4) is 0 Å². The van der Waals surface area contributed by atoms with Crippen LogP contribution in [0.3, 0.4) is 0 Å². The monoisotopic (exact) mass is 369 g/mol. The van der Waals surface area contributed by atoms with Gasteiger partial charge in [-0.15, -0.1) is 0 Å². The number of aliphatic carboxylic acids is 1. The molecule has 0 radical (unpaired) electrons. The third-order valence-electron chi connectivity index (χ3n) is 6.35. The zero-order chi connectivity index (χ0) is 19.2. The number of fused-ring (bicyclic) bond motifs is 2. The average molecular weight is 370 g/mol. The molecule has 0 aliphatic heterocycles. The summed E-state index contributed by atoms with van der Waals surface area (Å²) in [5, 5.41) is 11.9. The predicted molar refractivity (Wildman–Crippen MR) is 106 cm³/mol. The Bertz CT molecular complexity index is 669. The van der Waals surface area contributed by atoms with Gasteiger partial charge >= 0.3 is 5.97 Å². The molecule has 0 heterocycles. The lowest BCUT2D eigenvalue weighted by Crippen LogP contribution is -2.39. The first kappa shape index (κ1) is 19.7. The number of allylic oxidation sites excluding steroid dienone is 2. The van der Waals surface area contributed by atoms with Gasteiger partial charge in [0.2, 0.25) is 5.91 Å². The number of unbranched alkanes of at least 4 members (excludes halogenated alkanes) is 1. The standard InChI is InChI=1S/C23H31NO3/c1-16(17-8-4-2-5-9-17)15-24-23(27)22-19-13-12-18(14-19)20(22)10-6-3-7-11-21(25)26/h2,4-6,8-10,16,18-20,22H,3,7,11-15H2,1H3,(H,24,27)(H,25,26). The fourth-order valence-corrected chi connectivity index (χ4v) is 4.90. The van der Waals surface area contributed by atoms with Crippen molar-refractivity contribution >= 4 is 11.9 Å². The molecule has 3 rings (SSSR count). The van der Waals surface area contributed by atoms with E-state index in [-0.39, 0.29) is 18.2 Å². The molecular weight excluding hydrogens is 338 g/mol.